The summed E-state index contributed by atoms with van der Waals surface area (Å²) in [6, 6.07) is 10.3. The van der Waals surface area contributed by atoms with E-state index in [2.05, 4.69) is 41.2 Å². The maximum atomic E-state index is 8.98. The number of hydrogen-bond acceptors (Lipinski definition) is 4. The van der Waals surface area contributed by atoms with Gasteiger partial charge in [0.15, 0.2) is 5.76 Å². The number of hydrogen-bond donors (Lipinski definition) is 1. The molecule has 0 amide bonds. The van der Waals surface area contributed by atoms with E-state index in [1.54, 1.807) is 0 Å². The van der Waals surface area contributed by atoms with Crippen molar-refractivity contribution in [1.29, 1.82) is 0 Å². The number of aliphatic hydroxyl groups is 1. The van der Waals surface area contributed by atoms with Crippen LogP contribution in [0, 0.1) is 12.8 Å². The number of aromatic nitrogens is 1. The van der Waals surface area contributed by atoms with Crippen molar-refractivity contribution in [1.82, 2.24) is 10.1 Å². The molecule has 2 heterocycles. The lowest BCUT2D eigenvalue weighted by Crippen LogP contribution is -2.47. The first-order chi connectivity index (χ1) is 9.24. The van der Waals surface area contributed by atoms with Gasteiger partial charge in [-0.1, -0.05) is 35.0 Å². The van der Waals surface area contributed by atoms with E-state index in [0.717, 1.165) is 36.7 Å². The summed E-state index contributed by atoms with van der Waals surface area (Å²) in [5, 5.41) is 13.1. The fourth-order valence-electron chi connectivity index (χ4n) is 2.39. The average molecular weight is 258 g/mol. The SMILES string of the molecule is Cc1ccc(-c2cc(CN3CC(CO)C3)on2)cc1. The zero-order valence-corrected chi connectivity index (χ0v) is 11.0. The predicted octanol–water partition coefficient (Wildman–Crippen LogP) is 2.07. The number of benzene rings is 1. The molecule has 0 aliphatic carbocycles. The number of likely N-dealkylation sites (tertiary alicyclic amines) is 1. The molecule has 1 aromatic carbocycles. The van der Waals surface area contributed by atoms with Crippen molar-refractivity contribution in [2.24, 2.45) is 5.92 Å². The molecule has 0 saturated carbocycles. The number of aliphatic hydroxyl groups excluding tert-OH is 1. The van der Waals surface area contributed by atoms with Crippen LogP contribution < -0.4 is 0 Å². The molecule has 1 aliphatic heterocycles. The van der Waals surface area contributed by atoms with Gasteiger partial charge in [0, 0.05) is 37.2 Å². The monoisotopic (exact) mass is 258 g/mol. The Bertz CT molecular complexity index is 542. The molecule has 100 valence electrons. The summed E-state index contributed by atoms with van der Waals surface area (Å²) in [6.07, 6.45) is 0. The fraction of sp³-hybridized carbons (Fsp3) is 0.400. The van der Waals surface area contributed by atoms with E-state index in [1.165, 1.54) is 5.56 Å². The maximum Gasteiger partial charge on any atom is 0.151 e. The molecule has 4 heteroatoms. The Kier molecular flexibility index (Phi) is 3.36. The van der Waals surface area contributed by atoms with Gasteiger partial charge in [-0.15, -0.1) is 0 Å². The highest BCUT2D eigenvalue weighted by atomic mass is 16.5. The van der Waals surface area contributed by atoms with E-state index in [1.807, 2.05) is 6.07 Å². The van der Waals surface area contributed by atoms with Gasteiger partial charge in [0.05, 0.1) is 6.54 Å². The molecule has 0 atom stereocenters. The van der Waals surface area contributed by atoms with Crippen molar-refractivity contribution in [2.45, 2.75) is 13.5 Å². The molecule has 3 rings (SSSR count). The van der Waals surface area contributed by atoms with E-state index in [-0.39, 0.29) is 6.61 Å². The van der Waals surface area contributed by atoms with E-state index < -0.39 is 0 Å². The van der Waals surface area contributed by atoms with Gasteiger partial charge < -0.3 is 9.63 Å². The summed E-state index contributed by atoms with van der Waals surface area (Å²) in [6.45, 7) is 5.00. The Morgan fingerprint density at radius 3 is 2.74 bits per heavy atom. The Labute approximate surface area is 112 Å². The van der Waals surface area contributed by atoms with Gasteiger partial charge in [-0.3, -0.25) is 4.90 Å². The van der Waals surface area contributed by atoms with Crippen molar-refractivity contribution in [2.75, 3.05) is 19.7 Å². The lowest BCUT2D eigenvalue weighted by molar-refractivity contribution is 0.0415. The van der Waals surface area contributed by atoms with Gasteiger partial charge in [-0.05, 0) is 6.92 Å². The molecule has 1 aromatic heterocycles. The summed E-state index contributed by atoms with van der Waals surface area (Å²) in [5.41, 5.74) is 3.20. The molecule has 4 nitrogen and oxygen atoms in total. The Balaban J connectivity index is 1.65. The summed E-state index contributed by atoms with van der Waals surface area (Å²) in [4.78, 5) is 2.25. The first-order valence-corrected chi connectivity index (χ1v) is 6.60. The van der Waals surface area contributed by atoms with Crippen LogP contribution in [0.25, 0.3) is 11.3 Å². The molecule has 1 aliphatic rings. The minimum Gasteiger partial charge on any atom is -0.396 e. The fourth-order valence-corrected chi connectivity index (χ4v) is 2.39. The second-order valence-corrected chi connectivity index (χ2v) is 5.29. The second kappa shape index (κ2) is 5.15. The van der Waals surface area contributed by atoms with Crippen LogP contribution in [0.4, 0.5) is 0 Å². The molecular formula is C15H18N2O2. The van der Waals surface area contributed by atoms with Crippen molar-refractivity contribution in [3.8, 4) is 11.3 Å². The van der Waals surface area contributed by atoms with Crippen LogP contribution in [0.3, 0.4) is 0 Å². The lowest BCUT2D eigenvalue weighted by atomic mass is 10.0. The third kappa shape index (κ3) is 2.69. The molecule has 1 N–H and O–H groups in total. The van der Waals surface area contributed by atoms with Crippen LogP contribution in [-0.2, 0) is 6.54 Å². The van der Waals surface area contributed by atoms with Gasteiger partial charge in [-0.25, -0.2) is 0 Å². The van der Waals surface area contributed by atoms with Crippen LogP contribution in [0.15, 0.2) is 34.9 Å². The summed E-state index contributed by atoms with van der Waals surface area (Å²) >= 11 is 0. The largest absolute Gasteiger partial charge is 0.396 e. The van der Waals surface area contributed by atoms with Crippen LogP contribution >= 0.6 is 0 Å². The minimum atomic E-state index is 0.279. The summed E-state index contributed by atoms with van der Waals surface area (Å²) in [7, 11) is 0. The van der Waals surface area contributed by atoms with E-state index in [0.29, 0.717) is 5.92 Å². The van der Waals surface area contributed by atoms with Crippen LogP contribution in [0.5, 0.6) is 0 Å². The molecule has 19 heavy (non-hydrogen) atoms. The number of nitrogens with zero attached hydrogens (tertiary/aromatic N) is 2. The normalized spacial score (nSPS) is 16.5. The average Bonchev–Trinajstić information content (AvgIpc) is 2.82. The quantitative estimate of drug-likeness (QED) is 0.912. The highest BCUT2D eigenvalue weighted by molar-refractivity contribution is 5.59. The Morgan fingerprint density at radius 2 is 2.05 bits per heavy atom. The topological polar surface area (TPSA) is 49.5 Å². The Morgan fingerprint density at radius 1 is 1.32 bits per heavy atom. The van der Waals surface area contributed by atoms with Gasteiger partial charge >= 0.3 is 0 Å². The molecule has 0 spiro atoms. The molecule has 0 bridgehead atoms. The van der Waals surface area contributed by atoms with Crippen LogP contribution in [0.1, 0.15) is 11.3 Å². The van der Waals surface area contributed by atoms with Crippen molar-refractivity contribution in [3.63, 3.8) is 0 Å². The van der Waals surface area contributed by atoms with E-state index in [9.17, 15) is 0 Å². The van der Waals surface area contributed by atoms with Crippen LogP contribution in [0.2, 0.25) is 0 Å². The third-order valence-corrected chi connectivity index (χ3v) is 3.58. The predicted molar refractivity (Wildman–Crippen MR) is 72.5 cm³/mol. The summed E-state index contributed by atoms with van der Waals surface area (Å²) < 4.78 is 5.37. The third-order valence-electron chi connectivity index (χ3n) is 3.58. The van der Waals surface area contributed by atoms with Gasteiger partial charge in [0.2, 0.25) is 0 Å². The maximum absolute atomic E-state index is 8.98. The van der Waals surface area contributed by atoms with Gasteiger partial charge in [0.1, 0.15) is 5.69 Å². The van der Waals surface area contributed by atoms with E-state index >= 15 is 0 Å². The smallest absolute Gasteiger partial charge is 0.151 e. The molecule has 2 aromatic rings. The molecular weight excluding hydrogens is 240 g/mol. The summed E-state index contributed by atoms with van der Waals surface area (Å²) in [5.74, 6) is 1.31. The second-order valence-electron chi connectivity index (χ2n) is 5.29. The van der Waals surface area contributed by atoms with E-state index in [4.69, 9.17) is 9.63 Å². The molecule has 1 saturated heterocycles. The minimum absolute atomic E-state index is 0.279. The standard InChI is InChI=1S/C15H18N2O2/c1-11-2-4-13(5-3-11)15-6-14(19-16-15)9-17-7-12(8-17)10-18/h2-6,12,18H,7-10H2,1H3. The van der Waals surface area contributed by atoms with Crippen molar-refractivity contribution >= 4 is 0 Å². The molecule has 1 fully saturated rings. The zero-order valence-electron chi connectivity index (χ0n) is 11.0. The van der Waals surface area contributed by atoms with Crippen molar-refractivity contribution < 1.29 is 9.63 Å². The zero-order chi connectivity index (χ0) is 13.2. The van der Waals surface area contributed by atoms with Gasteiger partial charge in [-0.2, -0.15) is 0 Å². The van der Waals surface area contributed by atoms with Crippen molar-refractivity contribution in [3.05, 3.63) is 41.7 Å². The van der Waals surface area contributed by atoms with Crippen LogP contribution in [-0.4, -0.2) is 34.9 Å². The Hall–Kier alpha value is -1.65. The first-order valence-electron chi connectivity index (χ1n) is 6.60. The van der Waals surface area contributed by atoms with Gasteiger partial charge in [0.25, 0.3) is 0 Å². The highest BCUT2D eigenvalue weighted by Gasteiger charge is 2.26. The lowest BCUT2D eigenvalue weighted by Gasteiger charge is -2.37. The number of rotatable bonds is 4. The first kappa shape index (κ1) is 12.4. The number of aryl methyl sites for hydroxylation is 1. The highest BCUT2D eigenvalue weighted by Crippen LogP contribution is 2.22. The molecule has 0 unspecified atom stereocenters. The molecule has 0 radical (unpaired) electrons.